The molecule has 4 nitrogen and oxygen atoms in total. The van der Waals surface area contributed by atoms with Crippen LogP contribution in [-0.4, -0.2) is 68.4 Å². The zero-order valence-corrected chi connectivity index (χ0v) is 11.9. The predicted molar refractivity (Wildman–Crippen MR) is 76.8 cm³/mol. The molecule has 1 saturated heterocycles. The number of aliphatic hydroxyl groups is 1. The Labute approximate surface area is 115 Å². The van der Waals surface area contributed by atoms with Crippen molar-refractivity contribution in [1.29, 1.82) is 0 Å². The smallest absolute Gasteiger partial charge is 0.118 e. The van der Waals surface area contributed by atoms with Crippen LogP contribution in [0.25, 0.3) is 0 Å². The Hall–Kier alpha value is -1.10. The lowest BCUT2D eigenvalue weighted by molar-refractivity contribution is 0.133. The third kappa shape index (κ3) is 3.93. The Balaban J connectivity index is 1.95. The van der Waals surface area contributed by atoms with Crippen molar-refractivity contribution in [2.24, 2.45) is 0 Å². The molecular weight excluding hydrogens is 240 g/mol. The van der Waals surface area contributed by atoms with Crippen LogP contribution >= 0.6 is 0 Å². The van der Waals surface area contributed by atoms with E-state index in [2.05, 4.69) is 29.0 Å². The summed E-state index contributed by atoms with van der Waals surface area (Å²) in [6.07, 6.45) is 0. The van der Waals surface area contributed by atoms with Crippen LogP contribution in [0.15, 0.2) is 24.3 Å². The van der Waals surface area contributed by atoms with Crippen LogP contribution in [0.3, 0.4) is 0 Å². The summed E-state index contributed by atoms with van der Waals surface area (Å²) >= 11 is 0. The number of hydrogen-bond donors (Lipinski definition) is 1. The van der Waals surface area contributed by atoms with Gasteiger partial charge < -0.3 is 19.6 Å². The van der Waals surface area contributed by atoms with Gasteiger partial charge in [0.05, 0.1) is 13.7 Å². The number of ether oxygens (including phenoxy) is 1. The topological polar surface area (TPSA) is 35.9 Å². The molecule has 0 aliphatic carbocycles. The largest absolute Gasteiger partial charge is 0.497 e. The fourth-order valence-electron chi connectivity index (χ4n) is 2.49. The van der Waals surface area contributed by atoms with E-state index in [1.54, 1.807) is 7.11 Å². The molecule has 1 aliphatic rings. The first-order chi connectivity index (χ1) is 9.22. The van der Waals surface area contributed by atoms with Crippen LogP contribution in [0.1, 0.15) is 11.5 Å². The highest BCUT2D eigenvalue weighted by Crippen LogP contribution is 2.20. The summed E-state index contributed by atoms with van der Waals surface area (Å²) in [5.74, 6) is 1.05. The third-order valence-corrected chi connectivity index (χ3v) is 3.88. The Bertz CT molecular complexity index is 372. The predicted octanol–water partition coefficient (Wildman–Crippen LogP) is 1.02. The van der Waals surface area contributed by atoms with Crippen LogP contribution < -0.4 is 4.74 Å². The molecule has 0 radical (unpaired) electrons. The van der Waals surface area contributed by atoms with E-state index in [4.69, 9.17) is 4.74 Å². The molecule has 1 atom stereocenters. The van der Waals surface area contributed by atoms with Crippen molar-refractivity contribution in [1.82, 2.24) is 9.80 Å². The normalized spacial score (nSPS) is 19.3. The minimum atomic E-state index is 0.189. The molecular formula is C15H24N2O2. The van der Waals surface area contributed by atoms with Crippen LogP contribution in [-0.2, 0) is 0 Å². The first-order valence-corrected chi connectivity index (χ1v) is 6.88. The van der Waals surface area contributed by atoms with Gasteiger partial charge >= 0.3 is 0 Å². The van der Waals surface area contributed by atoms with Gasteiger partial charge in [0.1, 0.15) is 5.75 Å². The first-order valence-electron chi connectivity index (χ1n) is 6.88. The first kappa shape index (κ1) is 14.3. The van der Waals surface area contributed by atoms with Crippen molar-refractivity contribution in [2.45, 2.75) is 5.92 Å². The Morgan fingerprint density at radius 2 is 1.79 bits per heavy atom. The summed E-state index contributed by atoms with van der Waals surface area (Å²) in [4.78, 5) is 4.78. The second-order valence-corrected chi connectivity index (χ2v) is 5.26. The summed E-state index contributed by atoms with van der Waals surface area (Å²) in [6.45, 7) is 5.52. The SMILES string of the molecule is COc1ccc(C(CO)CN2CCN(C)CC2)cc1. The van der Waals surface area contributed by atoms with E-state index >= 15 is 0 Å². The standard InChI is InChI=1S/C15H24N2O2/c1-16-7-9-17(10-8-16)11-14(12-18)13-3-5-15(19-2)6-4-13/h3-6,14,18H,7-12H2,1-2H3. The minimum Gasteiger partial charge on any atom is -0.497 e. The van der Waals surface area contributed by atoms with Crippen molar-refractivity contribution < 1.29 is 9.84 Å². The van der Waals surface area contributed by atoms with E-state index in [-0.39, 0.29) is 12.5 Å². The number of methoxy groups -OCH3 is 1. The maximum absolute atomic E-state index is 9.62. The van der Waals surface area contributed by atoms with Crippen LogP contribution in [0.2, 0.25) is 0 Å². The number of rotatable bonds is 5. The summed E-state index contributed by atoms with van der Waals surface area (Å²) in [6, 6.07) is 8.02. The molecule has 1 fully saturated rings. The van der Waals surface area contributed by atoms with Gasteiger partial charge in [-0.25, -0.2) is 0 Å². The molecule has 1 unspecified atom stereocenters. The van der Waals surface area contributed by atoms with Crippen LogP contribution in [0.5, 0.6) is 5.75 Å². The van der Waals surface area contributed by atoms with Gasteiger partial charge in [0.2, 0.25) is 0 Å². The number of nitrogens with zero attached hydrogens (tertiary/aromatic N) is 2. The molecule has 1 N–H and O–H groups in total. The maximum atomic E-state index is 9.62. The van der Waals surface area contributed by atoms with Crippen molar-refractivity contribution >= 4 is 0 Å². The molecule has 106 valence electrons. The molecule has 0 spiro atoms. The van der Waals surface area contributed by atoms with Gasteiger partial charge in [-0.15, -0.1) is 0 Å². The van der Waals surface area contributed by atoms with Crippen molar-refractivity contribution in [3.8, 4) is 5.75 Å². The molecule has 1 aromatic carbocycles. The Morgan fingerprint density at radius 3 is 2.32 bits per heavy atom. The summed E-state index contributed by atoms with van der Waals surface area (Å²) < 4.78 is 5.17. The highest BCUT2D eigenvalue weighted by atomic mass is 16.5. The fraction of sp³-hybridized carbons (Fsp3) is 0.600. The molecule has 1 heterocycles. The zero-order valence-electron chi connectivity index (χ0n) is 11.9. The second kappa shape index (κ2) is 6.89. The van der Waals surface area contributed by atoms with E-state index in [0.717, 1.165) is 38.5 Å². The number of likely N-dealkylation sites (N-methyl/N-ethyl adjacent to an activating group) is 1. The molecule has 1 aromatic rings. The average Bonchev–Trinajstić information content (AvgIpc) is 2.47. The van der Waals surface area contributed by atoms with Gasteiger partial charge in [0, 0.05) is 38.6 Å². The van der Waals surface area contributed by atoms with Crippen LogP contribution in [0.4, 0.5) is 0 Å². The number of aliphatic hydroxyl groups excluding tert-OH is 1. The average molecular weight is 264 g/mol. The molecule has 0 saturated carbocycles. The van der Waals surface area contributed by atoms with Gasteiger partial charge in [-0.3, -0.25) is 0 Å². The Kier molecular flexibility index (Phi) is 5.19. The highest BCUT2D eigenvalue weighted by Gasteiger charge is 2.19. The van der Waals surface area contributed by atoms with E-state index in [9.17, 15) is 5.11 Å². The van der Waals surface area contributed by atoms with Crippen molar-refractivity contribution in [2.75, 3.05) is 53.5 Å². The van der Waals surface area contributed by atoms with E-state index < -0.39 is 0 Å². The third-order valence-electron chi connectivity index (χ3n) is 3.88. The highest BCUT2D eigenvalue weighted by molar-refractivity contribution is 5.29. The fourth-order valence-corrected chi connectivity index (χ4v) is 2.49. The lowest BCUT2D eigenvalue weighted by Gasteiger charge is -2.34. The van der Waals surface area contributed by atoms with Gasteiger partial charge in [-0.05, 0) is 24.7 Å². The second-order valence-electron chi connectivity index (χ2n) is 5.26. The molecule has 0 amide bonds. The zero-order chi connectivity index (χ0) is 13.7. The minimum absolute atomic E-state index is 0.189. The van der Waals surface area contributed by atoms with Crippen molar-refractivity contribution in [3.05, 3.63) is 29.8 Å². The molecule has 2 rings (SSSR count). The molecule has 0 aromatic heterocycles. The molecule has 0 bridgehead atoms. The summed E-state index contributed by atoms with van der Waals surface area (Å²) in [7, 11) is 3.83. The van der Waals surface area contributed by atoms with E-state index in [0.29, 0.717) is 0 Å². The van der Waals surface area contributed by atoms with Gasteiger partial charge in [0.25, 0.3) is 0 Å². The quantitative estimate of drug-likeness (QED) is 0.861. The van der Waals surface area contributed by atoms with Crippen LogP contribution in [0, 0.1) is 0 Å². The van der Waals surface area contributed by atoms with Gasteiger partial charge in [-0.1, -0.05) is 12.1 Å². The van der Waals surface area contributed by atoms with E-state index in [1.165, 1.54) is 5.56 Å². The number of hydrogen-bond acceptors (Lipinski definition) is 4. The number of piperazine rings is 1. The summed E-state index contributed by atoms with van der Waals surface area (Å²) in [5.41, 5.74) is 1.18. The molecule has 4 heteroatoms. The Morgan fingerprint density at radius 1 is 1.16 bits per heavy atom. The lowest BCUT2D eigenvalue weighted by Crippen LogP contribution is -2.46. The van der Waals surface area contributed by atoms with Gasteiger partial charge in [0.15, 0.2) is 0 Å². The van der Waals surface area contributed by atoms with E-state index in [1.807, 2.05) is 12.1 Å². The molecule has 19 heavy (non-hydrogen) atoms. The maximum Gasteiger partial charge on any atom is 0.118 e. The number of benzene rings is 1. The lowest BCUT2D eigenvalue weighted by atomic mass is 9.99. The van der Waals surface area contributed by atoms with Crippen molar-refractivity contribution in [3.63, 3.8) is 0 Å². The molecule has 1 aliphatic heterocycles. The van der Waals surface area contributed by atoms with Gasteiger partial charge in [-0.2, -0.15) is 0 Å². The monoisotopic (exact) mass is 264 g/mol. The summed E-state index contributed by atoms with van der Waals surface area (Å²) in [5, 5.41) is 9.62.